The van der Waals surface area contributed by atoms with Gasteiger partial charge >= 0.3 is 5.92 Å². The summed E-state index contributed by atoms with van der Waals surface area (Å²) in [5.41, 5.74) is -0.240. The van der Waals surface area contributed by atoms with Gasteiger partial charge in [-0.1, -0.05) is 54.2 Å². The van der Waals surface area contributed by atoms with Crippen molar-refractivity contribution in [2.75, 3.05) is 12.3 Å². The van der Waals surface area contributed by atoms with E-state index >= 15 is 0 Å². The monoisotopic (exact) mass is 423 g/mol. The predicted octanol–water partition coefficient (Wildman–Crippen LogP) is 2.77. The van der Waals surface area contributed by atoms with Crippen molar-refractivity contribution in [3.05, 3.63) is 48.0 Å². The Kier molecular flexibility index (Phi) is 7.32. The Bertz CT molecular complexity index is 804. The molecule has 156 valence electrons. The molecule has 0 saturated carbocycles. The summed E-state index contributed by atoms with van der Waals surface area (Å²) in [6.45, 7) is 0.547. The number of unbranched alkanes of at least 4 members (excludes halogenated alkanes) is 1. The standard InChI is InChI=1S/C19H23F2N5O2S/c20-19(21,14-6-2-1-3-7-14)16(27)10-8-15-9-11-17(28)26(15)12-4-5-13-29-18-22-24-25-23-18/h1-3,6-8,10,15-16,27H,4-5,9,11-13H2,(H,22,23,24,25)/t15-,16+/m0/s1. The molecule has 0 radical (unpaired) electrons. The minimum absolute atomic E-state index is 0.00906. The smallest absolute Gasteiger partial charge is 0.302 e. The second-order valence-corrected chi connectivity index (χ2v) is 7.82. The lowest BCUT2D eigenvalue weighted by Gasteiger charge is -2.24. The third kappa shape index (κ3) is 5.60. The van der Waals surface area contributed by atoms with Crippen LogP contribution in [-0.2, 0) is 10.7 Å². The molecule has 2 N–H and O–H groups in total. The molecule has 1 aliphatic heterocycles. The number of thioether (sulfide) groups is 1. The van der Waals surface area contributed by atoms with Gasteiger partial charge in [0.15, 0.2) is 0 Å². The molecule has 2 heterocycles. The molecule has 29 heavy (non-hydrogen) atoms. The van der Waals surface area contributed by atoms with E-state index in [2.05, 4.69) is 20.6 Å². The SMILES string of the molecule is O=C1CC[C@H](C=C[C@@H](O)C(F)(F)c2ccccc2)N1CCCCSc1nn[nH]n1. The van der Waals surface area contributed by atoms with E-state index < -0.39 is 12.0 Å². The zero-order chi connectivity index (χ0) is 20.7. The summed E-state index contributed by atoms with van der Waals surface area (Å²) in [7, 11) is 0. The first-order chi connectivity index (χ1) is 14.0. The number of halogens is 2. The number of nitrogens with zero attached hydrogens (tertiary/aromatic N) is 4. The molecule has 1 aromatic heterocycles. The van der Waals surface area contributed by atoms with Gasteiger partial charge in [0.1, 0.15) is 6.10 Å². The van der Waals surface area contributed by atoms with Gasteiger partial charge < -0.3 is 10.0 Å². The number of carbonyl (C=O) groups excluding carboxylic acids is 1. The van der Waals surface area contributed by atoms with E-state index in [-0.39, 0.29) is 17.5 Å². The topological polar surface area (TPSA) is 95.0 Å². The van der Waals surface area contributed by atoms with Crippen molar-refractivity contribution < 1.29 is 18.7 Å². The second-order valence-electron chi connectivity index (χ2n) is 6.76. The normalized spacial score (nSPS) is 18.7. The summed E-state index contributed by atoms with van der Waals surface area (Å²) in [6.07, 6.45) is 3.27. The van der Waals surface area contributed by atoms with Gasteiger partial charge in [-0.25, -0.2) is 0 Å². The highest BCUT2D eigenvalue weighted by molar-refractivity contribution is 7.99. The number of alkyl halides is 2. The van der Waals surface area contributed by atoms with Crippen LogP contribution in [0.15, 0.2) is 47.6 Å². The summed E-state index contributed by atoms with van der Waals surface area (Å²) >= 11 is 1.48. The van der Waals surface area contributed by atoms with Crippen molar-refractivity contribution in [1.82, 2.24) is 25.5 Å². The number of aliphatic hydroxyl groups is 1. The van der Waals surface area contributed by atoms with Gasteiger partial charge in [0.05, 0.1) is 6.04 Å². The Morgan fingerprint density at radius 1 is 1.34 bits per heavy atom. The fourth-order valence-corrected chi connectivity index (χ4v) is 3.93. The third-order valence-electron chi connectivity index (χ3n) is 4.77. The van der Waals surface area contributed by atoms with E-state index in [4.69, 9.17) is 0 Å². The lowest BCUT2D eigenvalue weighted by Crippen LogP contribution is -2.34. The van der Waals surface area contributed by atoms with Crippen LogP contribution >= 0.6 is 11.8 Å². The van der Waals surface area contributed by atoms with Crippen LogP contribution in [0.3, 0.4) is 0 Å². The minimum Gasteiger partial charge on any atom is -0.382 e. The molecule has 3 rings (SSSR count). The van der Waals surface area contributed by atoms with E-state index in [0.717, 1.165) is 24.7 Å². The molecular formula is C19H23F2N5O2S. The number of tetrazole rings is 1. The van der Waals surface area contributed by atoms with Crippen molar-refractivity contribution in [3.63, 3.8) is 0 Å². The van der Waals surface area contributed by atoms with Crippen molar-refractivity contribution in [2.45, 2.75) is 48.9 Å². The highest BCUT2D eigenvalue weighted by Crippen LogP contribution is 2.32. The highest BCUT2D eigenvalue weighted by atomic mass is 32.2. The Labute approximate surface area is 171 Å². The van der Waals surface area contributed by atoms with E-state index in [1.807, 2.05) is 0 Å². The maximum absolute atomic E-state index is 14.4. The summed E-state index contributed by atoms with van der Waals surface area (Å²) < 4.78 is 28.8. The van der Waals surface area contributed by atoms with Crippen LogP contribution in [0.2, 0.25) is 0 Å². The number of likely N-dealkylation sites (tertiary alicyclic amines) is 1. The molecule has 2 atom stereocenters. The van der Waals surface area contributed by atoms with Crippen LogP contribution in [0.25, 0.3) is 0 Å². The van der Waals surface area contributed by atoms with Crippen LogP contribution in [0.5, 0.6) is 0 Å². The molecule has 1 aliphatic rings. The van der Waals surface area contributed by atoms with Crippen molar-refractivity contribution in [2.24, 2.45) is 0 Å². The van der Waals surface area contributed by atoms with E-state index in [1.54, 1.807) is 11.0 Å². The number of carbonyl (C=O) groups is 1. The van der Waals surface area contributed by atoms with Gasteiger partial charge in [-0.15, -0.1) is 10.2 Å². The number of aromatic amines is 1. The fourth-order valence-electron chi connectivity index (χ4n) is 3.19. The number of hydrogen-bond acceptors (Lipinski definition) is 6. The summed E-state index contributed by atoms with van der Waals surface area (Å²) in [6, 6.07) is 6.96. The van der Waals surface area contributed by atoms with Crippen molar-refractivity contribution >= 4 is 17.7 Å². The van der Waals surface area contributed by atoms with Crippen molar-refractivity contribution in [3.8, 4) is 0 Å². The lowest BCUT2D eigenvalue weighted by molar-refractivity contribution is -0.128. The number of aliphatic hydroxyl groups excluding tert-OH is 1. The maximum Gasteiger partial charge on any atom is 0.302 e. The number of H-pyrrole nitrogens is 1. The zero-order valence-corrected chi connectivity index (χ0v) is 16.6. The number of amides is 1. The third-order valence-corrected chi connectivity index (χ3v) is 5.69. The van der Waals surface area contributed by atoms with Crippen LogP contribution in [0.4, 0.5) is 8.78 Å². The molecule has 1 fully saturated rings. The first-order valence-corrected chi connectivity index (χ1v) is 10.4. The fraction of sp³-hybridized carbons (Fsp3) is 0.474. The summed E-state index contributed by atoms with van der Waals surface area (Å²) in [4.78, 5) is 13.8. The number of hydrogen-bond donors (Lipinski definition) is 2. The van der Waals surface area contributed by atoms with Crippen molar-refractivity contribution in [1.29, 1.82) is 0 Å². The number of rotatable bonds is 10. The molecule has 0 bridgehead atoms. The molecule has 1 amide bonds. The highest BCUT2D eigenvalue weighted by Gasteiger charge is 2.39. The average molecular weight is 423 g/mol. The Balaban J connectivity index is 1.50. The van der Waals surface area contributed by atoms with Crippen LogP contribution < -0.4 is 0 Å². The van der Waals surface area contributed by atoms with Crippen LogP contribution in [0.1, 0.15) is 31.2 Å². The zero-order valence-electron chi connectivity index (χ0n) is 15.7. The molecule has 0 spiro atoms. The minimum atomic E-state index is -3.39. The van der Waals surface area contributed by atoms with Gasteiger partial charge in [0.2, 0.25) is 11.1 Å². The molecule has 1 aromatic carbocycles. The van der Waals surface area contributed by atoms with Gasteiger partial charge in [-0.05, 0) is 24.5 Å². The molecule has 1 saturated heterocycles. The largest absolute Gasteiger partial charge is 0.382 e. The van der Waals surface area contributed by atoms with E-state index in [0.29, 0.717) is 24.5 Å². The quantitative estimate of drug-likeness (QED) is 0.347. The van der Waals surface area contributed by atoms with Gasteiger partial charge in [0.25, 0.3) is 0 Å². The van der Waals surface area contributed by atoms with Crippen LogP contribution in [0, 0.1) is 0 Å². The number of benzene rings is 1. The Morgan fingerprint density at radius 2 is 2.14 bits per heavy atom. The Hall–Kier alpha value is -2.33. The van der Waals surface area contributed by atoms with Gasteiger partial charge in [0, 0.05) is 24.3 Å². The molecule has 10 heteroatoms. The molecule has 0 unspecified atom stereocenters. The lowest BCUT2D eigenvalue weighted by atomic mass is 10.0. The van der Waals surface area contributed by atoms with E-state index in [1.165, 1.54) is 42.1 Å². The van der Waals surface area contributed by atoms with Crippen LogP contribution in [-0.4, -0.2) is 61.0 Å². The van der Waals surface area contributed by atoms with Gasteiger partial charge in [-0.2, -0.15) is 14.0 Å². The first-order valence-electron chi connectivity index (χ1n) is 9.44. The molecule has 0 aliphatic carbocycles. The first kappa shape index (κ1) is 21.4. The number of aromatic nitrogens is 4. The predicted molar refractivity (Wildman–Crippen MR) is 104 cm³/mol. The second kappa shape index (κ2) is 9.93. The summed E-state index contributed by atoms with van der Waals surface area (Å²) in [5.74, 6) is -2.59. The maximum atomic E-state index is 14.4. The number of nitrogens with one attached hydrogen (secondary N) is 1. The molecule has 2 aromatic rings. The van der Waals surface area contributed by atoms with Gasteiger partial charge in [-0.3, -0.25) is 4.79 Å². The molecule has 7 nitrogen and oxygen atoms in total. The average Bonchev–Trinajstić information content (AvgIpc) is 3.37. The summed E-state index contributed by atoms with van der Waals surface area (Å²) in [5, 5.41) is 24.2. The Morgan fingerprint density at radius 3 is 2.86 bits per heavy atom. The van der Waals surface area contributed by atoms with E-state index in [9.17, 15) is 18.7 Å². The molecular weight excluding hydrogens is 400 g/mol.